The number of para-hydroxylation sites is 1. The highest BCUT2D eigenvalue weighted by Crippen LogP contribution is 2.26. The van der Waals surface area contributed by atoms with Gasteiger partial charge in [-0.05, 0) is 55.8 Å². The topological polar surface area (TPSA) is 82.2 Å². The summed E-state index contributed by atoms with van der Waals surface area (Å²) in [6, 6.07) is 18.9. The maximum absolute atomic E-state index is 13.3. The molecule has 4 aromatic rings. The molecule has 8 nitrogen and oxygen atoms in total. The quantitative estimate of drug-likeness (QED) is 0.473. The summed E-state index contributed by atoms with van der Waals surface area (Å²) in [5.74, 6) is 0.359. The zero-order valence-corrected chi connectivity index (χ0v) is 18.4. The Hall–Kier alpha value is -4.20. The molecule has 1 aliphatic rings. The normalized spacial score (nSPS) is 13.5. The van der Waals surface area contributed by atoms with Gasteiger partial charge in [0, 0.05) is 18.7 Å². The number of amides is 1. The van der Waals surface area contributed by atoms with Gasteiger partial charge in [-0.2, -0.15) is 10.2 Å². The maximum atomic E-state index is 13.3. The molecule has 0 saturated carbocycles. The molecule has 0 radical (unpaired) electrons. The monoisotopic (exact) mass is 441 g/mol. The summed E-state index contributed by atoms with van der Waals surface area (Å²) in [6.45, 7) is 2.53. The van der Waals surface area contributed by atoms with Gasteiger partial charge in [0.25, 0.3) is 5.43 Å². The summed E-state index contributed by atoms with van der Waals surface area (Å²) < 4.78 is 8.86. The van der Waals surface area contributed by atoms with Crippen molar-refractivity contribution in [3.63, 3.8) is 0 Å². The highest BCUT2D eigenvalue weighted by molar-refractivity contribution is 5.95. The summed E-state index contributed by atoms with van der Waals surface area (Å²) in [7, 11) is 1.48. The second-order valence-corrected chi connectivity index (χ2v) is 7.84. The second kappa shape index (κ2) is 8.38. The number of ether oxygens (including phenoxy) is 1. The standard InChI is InChI=1S/C25H23N5O3/c1-17-25(33-2)24(32)23(21-14-15-26-30(21)19-7-4-3-5-8-19)27-29(17)20-12-10-18(11-13-20)28-16-6-9-22(28)31/h3-5,7-8,10-15H,6,9,16H2,1-2H3. The lowest BCUT2D eigenvalue weighted by molar-refractivity contribution is -0.117. The Kier molecular flexibility index (Phi) is 5.26. The van der Waals surface area contributed by atoms with Gasteiger partial charge in [-0.15, -0.1) is 0 Å². The Balaban J connectivity index is 1.63. The lowest BCUT2D eigenvalue weighted by atomic mass is 10.2. The van der Waals surface area contributed by atoms with Gasteiger partial charge in [-0.3, -0.25) is 9.59 Å². The minimum Gasteiger partial charge on any atom is -0.491 e. The van der Waals surface area contributed by atoms with E-state index in [2.05, 4.69) is 5.10 Å². The van der Waals surface area contributed by atoms with Crippen molar-refractivity contribution in [2.24, 2.45) is 0 Å². The third kappa shape index (κ3) is 3.59. The number of carbonyl (C=O) groups excluding carboxylic acids is 1. The van der Waals surface area contributed by atoms with Gasteiger partial charge >= 0.3 is 0 Å². The Morgan fingerprint density at radius 3 is 2.24 bits per heavy atom. The molecular weight excluding hydrogens is 418 g/mol. The lowest BCUT2D eigenvalue weighted by Crippen LogP contribution is -2.23. The first-order valence-corrected chi connectivity index (χ1v) is 10.8. The van der Waals surface area contributed by atoms with Crippen molar-refractivity contribution < 1.29 is 9.53 Å². The molecule has 5 rings (SSSR count). The summed E-state index contributed by atoms with van der Waals surface area (Å²) in [4.78, 5) is 27.1. The van der Waals surface area contributed by atoms with Crippen LogP contribution in [0.1, 0.15) is 18.5 Å². The third-order valence-corrected chi connectivity index (χ3v) is 5.84. The molecule has 8 heteroatoms. The fraction of sp³-hybridized carbons (Fsp3) is 0.200. The van der Waals surface area contributed by atoms with Crippen molar-refractivity contribution in [3.05, 3.63) is 82.8 Å². The SMILES string of the molecule is COc1c(C)n(-c2ccc(N3CCCC3=O)cc2)nc(-c2ccnn2-c2ccccc2)c1=O. The zero-order chi connectivity index (χ0) is 22.9. The molecule has 1 fully saturated rings. The first-order chi connectivity index (χ1) is 16.1. The molecule has 33 heavy (non-hydrogen) atoms. The van der Waals surface area contributed by atoms with Crippen LogP contribution in [0, 0.1) is 6.92 Å². The highest BCUT2D eigenvalue weighted by Gasteiger charge is 2.23. The zero-order valence-electron chi connectivity index (χ0n) is 18.4. The van der Waals surface area contributed by atoms with Crippen LogP contribution < -0.4 is 15.1 Å². The molecule has 0 unspecified atom stereocenters. The van der Waals surface area contributed by atoms with Gasteiger partial charge in [0.1, 0.15) is 0 Å². The average Bonchev–Trinajstić information content (AvgIpc) is 3.50. The third-order valence-electron chi connectivity index (χ3n) is 5.84. The number of aromatic nitrogens is 4. The van der Waals surface area contributed by atoms with E-state index in [1.807, 2.05) is 54.6 Å². The maximum Gasteiger partial charge on any atom is 0.251 e. The minimum absolute atomic E-state index is 0.138. The number of rotatable bonds is 5. The van der Waals surface area contributed by atoms with E-state index in [0.29, 0.717) is 17.8 Å². The Bertz CT molecular complexity index is 1370. The van der Waals surface area contributed by atoms with E-state index in [0.717, 1.165) is 30.0 Å². The van der Waals surface area contributed by atoms with Crippen LogP contribution in [0.15, 0.2) is 71.7 Å². The number of benzene rings is 2. The predicted molar refractivity (Wildman–Crippen MR) is 125 cm³/mol. The molecule has 0 bridgehead atoms. The van der Waals surface area contributed by atoms with Crippen LogP contribution in [0.5, 0.6) is 5.75 Å². The van der Waals surface area contributed by atoms with Crippen LogP contribution in [-0.4, -0.2) is 39.1 Å². The number of anilines is 1. The van der Waals surface area contributed by atoms with Crippen LogP contribution in [-0.2, 0) is 4.79 Å². The molecule has 0 spiro atoms. The first-order valence-electron chi connectivity index (χ1n) is 10.8. The van der Waals surface area contributed by atoms with E-state index in [4.69, 9.17) is 9.84 Å². The van der Waals surface area contributed by atoms with Crippen molar-refractivity contribution in [1.82, 2.24) is 19.6 Å². The molecule has 0 aliphatic carbocycles. The van der Waals surface area contributed by atoms with Crippen molar-refractivity contribution in [2.45, 2.75) is 19.8 Å². The largest absolute Gasteiger partial charge is 0.491 e. The first kappa shape index (κ1) is 20.7. The van der Waals surface area contributed by atoms with E-state index >= 15 is 0 Å². The number of hydrogen-bond acceptors (Lipinski definition) is 5. The highest BCUT2D eigenvalue weighted by atomic mass is 16.5. The fourth-order valence-electron chi connectivity index (χ4n) is 4.20. The fourth-order valence-corrected chi connectivity index (χ4v) is 4.20. The van der Waals surface area contributed by atoms with E-state index in [-0.39, 0.29) is 22.8 Å². The van der Waals surface area contributed by atoms with Gasteiger partial charge in [-0.25, -0.2) is 9.36 Å². The van der Waals surface area contributed by atoms with Gasteiger partial charge in [0.15, 0.2) is 11.4 Å². The molecule has 0 N–H and O–H groups in total. The molecule has 1 amide bonds. The van der Waals surface area contributed by atoms with E-state index in [1.54, 1.807) is 33.5 Å². The van der Waals surface area contributed by atoms with Crippen molar-refractivity contribution >= 4 is 11.6 Å². The number of carbonyl (C=O) groups is 1. The summed E-state index contributed by atoms with van der Waals surface area (Å²) in [5, 5.41) is 9.10. The Morgan fingerprint density at radius 1 is 0.879 bits per heavy atom. The number of nitrogens with zero attached hydrogens (tertiary/aromatic N) is 5. The van der Waals surface area contributed by atoms with Crippen LogP contribution in [0.2, 0.25) is 0 Å². The number of methoxy groups -OCH3 is 1. The van der Waals surface area contributed by atoms with Gasteiger partial charge in [0.2, 0.25) is 5.91 Å². The smallest absolute Gasteiger partial charge is 0.251 e. The lowest BCUT2D eigenvalue weighted by Gasteiger charge is -2.18. The van der Waals surface area contributed by atoms with E-state index in [1.165, 1.54) is 7.11 Å². The van der Waals surface area contributed by atoms with Crippen molar-refractivity contribution in [3.8, 4) is 28.5 Å². The minimum atomic E-state index is -0.303. The summed E-state index contributed by atoms with van der Waals surface area (Å²) in [5.41, 5.74) is 3.52. The second-order valence-electron chi connectivity index (χ2n) is 7.84. The molecule has 2 aromatic heterocycles. The van der Waals surface area contributed by atoms with Crippen LogP contribution in [0.25, 0.3) is 22.8 Å². The average molecular weight is 441 g/mol. The summed E-state index contributed by atoms with van der Waals surface area (Å²) >= 11 is 0. The van der Waals surface area contributed by atoms with E-state index < -0.39 is 0 Å². The number of hydrogen-bond donors (Lipinski definition) is 0. The van der Waals surface area contributed by atoms with Crippen LogP contribution >= 0.6 is 0 Å². The molecule has 1 saturated heterocycles. The Morgan fingerprint density at radius 2 is 1.58 bits per heavy atom. The van der Waals surface area contributed by atoms with Crippen LogP contribution in [0.3, 0.4) is 0 Å². The molecule has 0 atom stereocenters. The molecule has 1 aliphatic heterocycles. The van der Waals surface area contributed by atoms with Crippen molar-refractivity contribution in [2.75, 3.05) is 18.6 Å². The molecular formula is C25H23N5O3. The van der Waals surface area contributed by atoms with Gasteiger partial charge in [0.05, 0.1) is 36.1 Å². The molecule has 3 heterocycles. The predicted octanol–water partition coefficient (Wildman–Crippen LogP) is 3.53. The van der Waals surface area contributed by atoms with E-state index in [9.17, 15) is 9.59 Å². The summed E-state index contributed by atoms with van der Waals surface area (Å²) in [6.07, 6.45) is 3.09. The molecule has 2 aromatic carbocycles. The van der Waals surface area contributed by atoms with Crippen molar-refractivity contribution in [1.29, 1.82) is 0 Å². The van der Waals surface area contributed by atoms with Gasteiger partial charge < -0.3 is 9.64 Å². The van der Waals surface area contributed by atoms with Gasteiger partial charge in [-0.1, -0.05) is 18.2 Å². The molecule has 166 valence electrons. The Labute approximate surface area is 190 Å². The van der Waals surface area contributed by atoms with Crippen LogP contribution in [0.4, 0.5) is 5.69 Å².